The number of unbranched alkanes of at least 4 members (excludes halogenated alkanes) is 1. The van der Waals surface area contributed by atoms with Crippen LogP contribution in [0.3, 0.4) is 0 Å². The Balaban J connectivity index is 2.84. The minimum atomic E-state index is -0.957. The van der Waals surface area contributed by atoms with Gasteiger partial charge in [0.05, 0.1) is 35.4 Å². The number of aliphatic hydroxyl groups excluding tert-OH is 4. The number of piperidine rings is 1. The van der Waals surface area contributed by atoms with E-state index in [-0.39, 0.29) is 23.2 Å². The summed E-state index contributed by atoms with van der Waals surface area (Å²) in [6.07, 6.45) is 0.0978. The van der Waals surface area contributed by atoms with E-state index < -0.39 is 18.2 Å². The lowest BCUT2D eigenvalue weighted by Gasteiger charge is -2.48. The Kier molecular flexibility index (Phi) is 6.60. The van der Waals surface area contributed by atoms with Gasteiger partial charge in [0.25, 0.3) is 0 Å². The molecule has 0 aliphatic carbocycles. The summed E-state index contributed by atoms with van der Waals surface area (Å²) in [6, 6.07) is -0.697. The molecule has 0 aromatic carbocycles. The first-order valence-electron chi connectivity index (χ1n) is 6.06. The zero-order valence-electron chi connectivity index (χ0n) is 10.0. The van der Waals surface area contributed by atoms with E-state index in [4.69, 9.17) is 0 Å². The molecule has 0 amide bonds. The van der Waals surface area contributed by atoms with E-state index in [1.807, 2.05) is 4.90 Å². The molecule has 1 aliphatic heterocycles. The van der Waals surface area contributed by atoms with E-state index in [1.165, 1.54) is 0 Å². The monoisotopic (exact) mass is 359 g/mol. The molecule has 1 saturated heterocycles. The highest BCUT2D eigenvalue weighted by Crippen LogP contribution is 2.29. The van der Waals surface area contributed by atoms with Gasteiger partial charge < -0.3 is 20.4 Å². The van der Waals surface area contributed by atoms with Crippen LogP contribution in [-0.2, 0) is 0 Å². The quantitative estimate of drug-likeness (QED) is 0.387. The van der Waals surface area contributed by atoms with Crippen molar-refractivity contribution in [1.82, 2.24) is 4.90 Å². The van der Waals surface area contributed by atoms with Gasteiger partial charge in [0.2, 0.25) is 0 Å². The molecule has 0 radical (unpaired) electrons. The van der Waals surface area contributed by atoms with Gasteiger partial charge in [0.1, 0.15) is 0 Å². The smallest absolute Gasteiger partial charge is 0.0987 e. The van der Waals surface area contributed by atoms with Crippen molar-refractivity contribution in [3.8, 4) is 0 Å². The predicted octanol–water partition coefficient (Wildman–Crippen LogP) is -0.651. The third-order valence-corrected chi connectivity index (χ3v) is 5.00. The van der Waals surface area contributed by atoms with Gasteiger partial charge in [-0.2, -0.15) is 0 Å². The van der Waals surface area contributed by atoms with E-state index in [2.05, 4.69) is 29.5 Å². The van der Waals surface area contributed by atoms with E-state index in [1.54, 1.807) is 0 Å². The van der Waals surface area contributed by atoms with Crippen molar-refractivity contribution < 1.29 is 20.4 Å². The fraction of sp³-hybridized carbons (Fsp3) is 1.00. The summed E-state index contributed by atoms with van der Waals surface area (Å²) in [4.78, 5) is 1.93. The minimum absolute atomic E-state index is 0.0718. The van der Waals surface area contributed by atoms with Gasteiger partial charge in [-0.1, -0.05) is 35.9 Å². The standard InChI is InChI=1S/C11H22INO4/c1-2-3-4-13-7(5-14)9(12)11(17)10(16)8(13)6-15/h7-11,14-17H,2-6H2,1H3/t7-,8+,9-,10+,11+/m0/s1. The number of nitrogens with zero attached hydrogens (tertiary/aromatic N) is 1. The zero-order valence-corrected chi connectivity index (χ0v) is 12.2. The highest BCUT2D eigenvalue weighted by molar-refractivity contribution is 14.1. The Morgan fingerprint density at radius 1 is 1.06 bits per heavy atom. The van der Waals surface area contributed by atoms with Crippen LogP contribution in [0.15, 0.2) is 0 Å². The molecule has 4 N–H and O–H groups in total. The number of halogens is 1. The minimum Gasteiger partial charge on any atom is -0.395 e. The molecule has 5 atom stereocenters. The maximum atomic E-state index is 9.95. The molecule has 0 bridgehead atoms. The van der Waals surface area contributed by atoms with Crippen molar-refractivity contribution in [3.63, 3.8) is 0 Å². The molecule has 1 fully saturated rings. The second-order valence-corrected chi connectivity index (χ2v) is 5.96. The van der Waals surface area contributed by atoms with Crippen molar-refractivity contribution in [2.75, 3.05) is 19.8 Å². The van der Waals surface area contributed by atoms with Crippen LogP contribution < -0.4 is 0 Å². The largest absolute Gasteiger partial charge is 0.395 e. The van der Waals surface area contributed by atoms with Crippen LogP contribution in [0.2, 0.25) is 0 Å². The third-order valence-electron chi connectivity index (χ3n) is 3.43. The van der Waals surface area contributed by atoms with Crippen LogP contribution in [0.4, 0.5) is 0 Å². The van der Waals surface area contributed by atoms with E-state index in [0.29, 0.717) is 0 Å². The Labute approximate surface area is 116 Å². The summed E-state index contributed by atoms with van der Waals surface area (Å²) in [6.45, 7) is 2.51. The lowest BCUT2D eigenvalue weighted by molar-refractivity contribution is -0.112. The number of hydrogen-bond acceptors (Lipinski definition) is 5. The summed E-state index contributed by atoms with van der Waals surface area (Å²) in [5.74, 6) is 0. The van der Waals surface area contributed by atoms with Crippen LogP contribution in [0.5, 0.6) is 0 Å². The van der Waals surface area contributed by atoms with E-state index in [9.17, 15) is 20.4 Å². The van der Waals surface area contributed by atoms with Crippen molar-refractivity contribution in [1.29, 1.82) is 0 Å². The number of alkyl halides is 1. The SMILES string of the molecule is CCCCN1[C@H](CO)[C@@H](O)[C@H](O)[C@@H](I)[C@@H]1CO. The van der Waals surface area contributed by atoms with Gasteiger partial charge in [-0.25, -0.2) is 0 Å². The fourth-order valence-corrected chi connectivity index (χ4v) is 3.43. The first-order chi connectivity index (χ1) is 8.08. The molecule has 1 aliphatic rings. The van der Waals surface area contributed by atoms with Crippen LogP contribution >= 0.6 is 22.6 Å². The van der Waals surface area contributed by atoms with Gasteiger partial charge in [0.15, 0.2) is 0 Å². The highest BCUT2D eigenvalue weighted by atomic mass is 127. The first-order valence-corrected chi connectivity index (χ1v) is 7.30. The third kappa shape index (κ3) is 3.30. The molecule has 0 aromatic heterocycles. The summed E-state index contributed by atoms with van der Waals surface area (Å²) in [7, 11) is 0. The molecule has 0 unspecified atom stereocenters. The summed E-state index contributed by atoms with van der Waals surface area (Å²) < 4.78 is -0.229. The number of rotatable bonds is 5. The number of likely N-dealkylation sites (tertiary alicyclic amines) is 1. The molecule has 0 aromatic rings. The lowest BCUT2D eigenvalue weighted by Crippen LogP contribution is -2.66. The zero-order chi connectivity index (χ0) is 13.0. The van der Waals surface area contributed by atoms with Crippen molar-refractivity contribution in [2.45, 2.75) is 48.0 Å². The Morgan fingerprint density at radius 2 is 1.65 bits per heavy atom. The average molecular weight is 359 g/mol. The topological polar surface area (TPSA) is 84.2 Å². The van der Waals surface area contributed by atoms with E-state index in [0.717, 1.165) is 19.4 Å². The predicted molar refractivity (Wildman–Crippen MR) is 73.2 cm³/mol. The Hall–Kier alpha value is 0.530. The Morgan fingerprint density at radius 3 is 2.12 bits per heavy atom. The first kappa shape index (κ1) is 15.6. The molecule has 1 heterocycles. The maximum absolute atomic E-state index is 9.95. The van der Waals surface area contributed by atoms with Gasteiger partial charge in [-0.05, 0) is 13.0 Å². The normalized spacial score (nSPS) is 39.5. The lowest BCUT2D eigenvalue weighted by atomic mass is 9.90. The Bertz CT molecular complexity index is 214. The molecule has 0 spiro atoms. The molecule has 1 rings (SSSR count). The van der Waals surface area contributed by atoms with Crippen LogP contribution in [-0.4, -0.2) is 73.3 Å². The molecule has 17 heavy (non-hydrogen) atoms. The molecule has 5 nitrogen and oxygen atoms in total. The maximum Gasteiger partial charge on any atom is 0.0987 e. The van der Waals surface area contributed by atoms with Gasteiger partial charge in [-0.15, -0.1) is 0 Å². The number of hydrogen-bond donors (Lipinski definition) is 4. The highest BCUT2D eigenvalue weighted by Gasteiger charge is 2.46. The van der Waals surface area contributed by atoms with Crippen molar-refractivity contribution in [2.24, 2.45) is 0 Å². The molecule has 0 saturated carbocycles. The van der Waals surface area contributed by atoms with Crippen LogP contribution in [0, 0.1) is 0 Å². The molecule has 102 valence electrons. The summed E-state index contributed by atoms with van der Waals surface area (Å²) in [5.41, 5.74) is 0. The van der Waals surface area contributed by atoms with E-state index >= 15 is 0 Å². The second kappa shape index (κ2) is 7.20. The molecular formula is C11H22INO4. The van der Waals surface area contributed by atoms with Gasteiger partial charge in [0, 0.05) is 6.04 Å². The summed E-state index contributed by atoms with van der Waals surface area (Å²) in [5, 5.41) is 38.6. The summed E-state index contributed by atoms with van der Waals surface area (Å²) >= 11 is 2.06. The van der Waals surface area contributed by atoms with Crippen molar-refractivity contribution in [3.05, 3.63) is 0 Å². The fourth-order valence-electron chi connectivity index (χ4n) is 2.36. The van der Waals surface area contributed by atoms with Gasteiger partial charge >= 0.3 is 0 Å². The number of aliphatic hydroxyl groups is 4. The van der Waals surface area contributed by atoms with Gasteiger partial charge in [-0.3, -0.25) is 4.90 Å². The molecular weight excluding hydrogens is 337 g/mol. The van der Waals surface area contributed by atoms with Crippen LogP contribution in [0.25, 0.3) is 0 Å². The van der Waals surface area contributed by atoms with Crippen LogP contribution in [0.1, 0.15) is 19.8 Å². The second-order valence-electron chi connectivity index (χ2n) is 4.52. The van der Waals surface area contributed by atoms with Crippen molar-refractivity contribution >= 4 is 22.6 Å². The molecule has 6 heteroatoms. The average Bonchev–Trinajstić information content (AvgIpc) is 2.34.